The smallest absolute Gasteiger partial charge is 0.248 e. The molecular weight excluding hydrogens is 562 g/mol. The van der Waals surface area contributed by atoms with Crippen LogP contribution in [0.15, 0.2) is 84.9 Å². The van der Waals surface area contributed by atoms with E-state index in [2.05, 4.69) is 17.6 Å². The minimum atomic E-state index is -0.857. The molecule has 8 nitrogen and oxygen atoms in total. The molecule has 43 heavy (non-hydrogen) atoms. The highest BCUT2D eigenvalue weighted by molar-refractivity contribution is 8.02. The first-order valence-electron chi connectivity index (χ1n) is 14.8. The SMILES string of the molecule is COc1ccc(NC(=O)C2N([C@@H](CO)Cc3ccccc3)C(=O)[C@@H]3[C@H](C(=O)NCc4ccccc4)[C@@H]4CC(C)C23S4)cc1. The van der Waals surface area contributed by atoms with Gasteiger partial charge in [-0.2, -0.15) is 0 Å². The van der Waals surface area contributed by atoms with Crippen LogP contribution in [0.25, 0.3) is 0 Å². The van der Waals surface area contributed by atoms with Crippen molar-refractivity contribution in [2.45, 2.75) is 48.4 Å². The summed E-state index contributed by atoms with van der Waals surface area (Å²) in [5, 5.41) is 16.7. The van der Waals surface area contributed by atoms with Crippen LogP contribution in [0.4, 0.5) is 5.69 Å². The molecule has 3 aromatic rings. The first kappa shape index (κ1) is 29.3. The molecule has 1 spiro atoms. The molecule has 9 heteroatoms. The van der Waals surface area contributed by atoms with Crippen LogP contribution >= 0.6 is 11.8 Å². The monoisotopic (exact) mass is 599 g/mol. The molecule has 3 heterocycles. The number of amides is 3. The van der Waals surface area contributed by atoms with Crippen molar-refractivity contribution >= 4 is 35.2 Å². The predicted molar refractivity (Wildman–Crippen MR) is 166 cm³/mol. The van der Waals surface area contributed by atoms with Gasteiger partial charge in [-0.25, -0.2) is 0 Å². The zero-order valence-electron chi connectivity index (χ0n) is 24.3. The average molecular weight is 600 g/mol. The molecule has 3 unspecified atom stereocenters. The number of hydrogen-bond donors (Lipinski definition) is 3. The van der Waals surface area contributed by atoms with Crippen LogP contribution in [0, 0.1) is 17.8 Å². The Labute approximate surface area is 256 Å². The van der Waals surface area contributed by atoms with E-state index in [-0.39, 0.29) is 35.5 Å². The van der Waals surface area contributed by atoms with Crippen molar-refractivity contribution in [3.05, 3.63) is 96.1 Å². The lowest BCUT2D eigenvalue weighted by molar-refractivity contribution is -0.142. The summed E-state index contributed by atoms with van der Waals surface area (Å²) in [6.45, 7) is 2.16. The maximum absolute atomic E-state index is 14.6. The zero-order valence-corrected chi connectivity index (χ0v) is 25.1. The fraction of sp³-hybridized carbons (Fsp3) is 0.382. The Hall–Kier alpha value is -3.82. The zero-order chi connectivity index (χ0) is 30.1. The number of thioether (sulfide) groups is 1. The number of aliphatic hydroxyl groups excluding tert-OH is 1. The topological polar surface area (TPSA) is 108 Å². The molecule has 0 saturated carbocycles. The van der Waals surface area contributed by atoms with Crippen LogP contribution < -0.4 is 15.4 Å². The van der Waals surface area contributed by atoms with E-state index in [9.17, 15) is 19.5 Å². The number of nitrogens with one attached hydrogen (secondary N) is 2. The van der Waals surface area contributed by atoms with Crippen molar-refractivity contribution < 1.29 is 24.2 Å². The van der Waals surface area contributed by atoms with Crippen LogP contribution in [0.3, 0.4) is 0 Å². The molecule has 3 aliphatic heterocycles. The molecule has 3 aliphatic rings. The number of methoxy groups -OCH3 is 1. The number of benzene rings is 3. The summed E-state index contributed by atoms with van der Waals surface area (Å²) < 4.78 is 4.47. The van der Waals surface area contributed by atoms with E-state index in [0.717, 1.165) is 17.5 Å². The summed E-state index contributed by atoms with van der Waals surface area (Å²) in [7, 11) is 1.58. The van der Waals surface area contributed by atoms with Crippen LogP contribution in [-0.2, 0) is 27.3 Å². The molecule has 224 valence electrons. The number of carbonyl (C=O) groups is 3. The minimum Gasteiger partial charge on any atom is -0.497 e. The molecule has 3 aromatic carbocycles. The molecule has 3 fully saturated rings. The standard InChI is InChI=1S/C34H37N3O5S/c1-21-17-27-28(31(39)35-19-23-11-7-4-8-12-23)29-33(41)37(25(20-38)18-22-9-5-3-6-10-22)30(34(21,29)43-27)32(40)36-24-13-15-26(42-2)16-14-24/h3-16,21,25,27-30,38H,17-20H2,1-2H3,(H,35,39)(H,36,40)/t21?,25-,27+,28-,29+,30?,34?/m1/s1. The third-order valence-corrected chi connectivity index (χ3v) is 11.4. The summed E-state index contributed by atoms with van der Waals surface area (Å²) in [5.41, 5.74) is 2.53. The van der Waals surface area contributed by atoms with Gasteiger partial charge >= 0.3 is 0 Å². The number of hydrogen-bond acceptors (Lipinski definition) is 6. The second-order valence-corrected chi connectivity index (χ2v) is 13.3. The Morgan fingerprint density at radius 1 is 1.00 bits per heavy atom. The van der Waals surface area contributed by atoms with Crippen LogP contribution in [0.1, 0.15) is 24.5 Å². The molecule has 0 radical (unpaired) electrons. The first-order chi connectivity index (χ1) is 20.9. The number of carbonyl (C=O) groups excluding carboxylic acids is 3. The van der Waals surface area contributed by atoms with Gasteiger partial charge in [-0.1, -0.05) is 67.6 Å². The third-order valence-electron chi connectivity index (χ3n) is 9.32. The number of fused-ring (bicyclic) bond motifs is 1. The number of ether oxygens (including phenoxy) is 1. The van der Waals surface area contributed by atoms with Crippen LogP contribution in [0.2, 0.25) is 0 Å². The number of nitrogens with zero attached hydrogens (tertiary/aromatic N) is 1. The quantitative estimate of drug-likeness (QED) is 0.327. The van der Waals surface area contributed by atoms with Gasteiger partial charge in [0.2, 0.25) is 17.7 Å². The van der Waals surface area contributed by atoms with Crippen molar-refractivity contribution in [3.63, 3.8) is 0 Å². The Balaban J connectivity index is 1.35. The van der Waals surface area contributed by atoms with Gasteiger partial charge in [0.1, 0.15) is 11.8 Å². The number of likely N-dealkylation sites (tertiary alicyclic amines) is 1. The maximum atomic E-state index is 14.6. The van der Waals surface area contributed by atoms with Crippen molar-refractivity contribution in [3.8, 4) is 5.75 Å². The van der Waals surface area contributed by atoms with E-state index in [1.165, 1.54) is 0 Å². The third kappa shape index (κ3) is 5.18. The summed E-state index contributed by atoms with van der Waals surface area (Å²) in [6, 6.07) is 25.0. The van der Waals surface area contributed by atoms with Crippen LogP contribution in [0.5, 0.6) is 5.75 Å². The Kier molecular flexibility index (Phi) is 8.20. The minimum absolute atomic E-state index is 0.0160. The van der Waals surface area contributed by atoms with Crippen LogP contribution in [-0.4, -0.2) is 63.5 Å². The van der Waals surface area contributed by atoms with E-state index < -0.39 is 28.7 Å². The summed E-state index contributed by atoms with van der Waals surface area (Å²) >= 11 is 1.62. The summed E-state index contributed by atoms with van der Waals surface area (Å²) in [4.78, 5) is 44.3. The molecule has 3 amide bonds. The van der Waals surface area contributed by atoms with Gasteiger partial charge in [-0.15, -0.1) is 11.8 Å². The molecule has 3 N–H and O–H groups in total. The van der Waals surface area contributed by atoms with Gasteiger partial charge in [0, 0.05) is 17.5 Å². The largest absolute Gasteiger partial charge is 0.497 e. The second kappa shape index (κ2) is 12.1. The molecule has 7 atom stereocenters. The fourth-order valence-corrected chi connectivity index (χ4v) is 9.79. The molecule has 6 rings (SSSR count). The van der Waals surface area contributed by atoms with Crippen molar-refractivity contribution in [1.29, 1.82) is 0 Å². The second-order valence-electron chi connectivity index (χ2n) is 11.7. The van der Waals surface area contributed by atoms with Gasteiger partial charge in [0.15, 0.2) is 0 Å². The molecule has 3 saturated heterocycles. The van der Waals surface area contributed by atoms with Gasteiger partial charge in [0.25, 0.3) is 0 Å². The average Bonchev–Trinajstić information content (AvgIpc) is 3.63. The van der Waals surface area contributed by atoms with Gasteiger partial charge in [-0.3, -0.25) is 14.4 Å². The Morgan fingerprint density at radius 2 is 1.65 bits per heavy atom. The molecule has 2 bridgehead atoms. The fourth-order valence-electron chi connectivity index (χ4n) is 7.38. The number of aliphatic hydroxyl groups is 1. The highest BCUT2D eigenvalue weighted by Gasteiger charge is 2.76. The lowest BCUT2D eigenvalue weighted by Gasteiger charge is -2.40. The van der Waals surface area contributed by atoms with E-state index in [1.54, 1.807) is 48.0 Å². The van der Waals surface area contributed by atoms with Gasteiger partial charge in [0.05, 0.1) is 36.3 Å². The number of anilines is 1. The molecule has 0 aliphatic carbocycles. The lowest BCUT2D eigenvalue weighted by atomic mass is 9.66. The summed E-state index contributed by atoms with van der Waals surface area (Å²) in [5.74, 6) is -1.24. The normalized spacial score (nSPS) is 27.9. The number of rotatable bonds is 10. The first-order valence-corrected chi connectivity index (χ1v) is 15.7. The van der Waals surface area contributed by atoms with E-state index in [0.29, 0.717) is 24.4 Å². The predicted octanol–water partition coefficient (Wildman–Crippen LogP) is 3.89. The highest BCUT2D eigenvalue weighted by Crippen LogP contribution is 2.68. The lowest BCUT2D eigenvalue weighted by Crippen LogP contribution is -2.57. The van der Waals surface area contributed by atoms with E-state index in [4.69, 9.17) is 4.74 Å². The Bertz CT molecular complexity index is 1470. The van der Waals surface area contributed by atoms with Gasteiger partial charge in [-0.05, 0) is 54.2 Å². The Morgan fingerprint density at radius 3 is 2.28 bits per heavy atom. The highest BCUT2D eigenvalue weighted by atomic mass is 32.2. The van der Waals surface area contributed by atoms with E-state index >= 15 is 0 Å². The van der Waals surface area contributed by atoms with E-state index in [1.807, 2.05) is 60.7 Å². The van der Waals surface area contributed by atoms with Crippen molar-refractivity contribution in [2.75, 3.05) is 19.0 Å². The van der Waals surface area contributed by atoms with Crippen molar-refractivity contribution in [2.24, 2.45) is 17.8 Å². The van der Waals surface area contributed by atoms with Crippen molar-refractivity contribution in [1.82, 2.24) is 10.2 Å². The van der Waals surface area contributed by atoms with Gasteiger partial charge < -0.3 is 25.4 Å². The summed E-state index contributed by atoms with van der Waals surface area (Å²) in [6.07, 6.45) is 1.13. The molecular formula is C34H37N3O5S. The molecule has 0 aromatic heterocycles. The maximum Gasteiger partial charge on any atom is 0.248 e.